The molecular formula is C11H19NOS. The summed E-state index contributed by atoms with van der Waals surface area (Å²) in [4.78, 5) is 4.47. The predicted molar refractivity (Wildman–Crippen MR) is 60.6 cm³/mol. The summed E-state index contributed by atoms with van der Waals surface area (Å²) in [5, 5.41) is 12.9. The van der Waals surface area contributed by atoms with Gasteiger partial charge >= 0.3 is 0 Å². The Balaban J connectivity index is 2.89. The molecule has 0 bridgehead atoms. The Kier molecular flexibility index (Phi) is 3.32. The van der Waals surface area contributed by atoms with E-state index in [1.54, 1.807) is 11.3 Å². The molecule has 0 saturated heterocycles. The van der Waals surface area contributed by atoms with Crippen LogP contribution in [0.3, 0.4) is 0 Å². The van der Waals surface area contributed by atoms with Gasteiger partial charge in [-0.25, -0.2) is 4.98 Å². The van der Waals surface area contributed by atoms with Crippen LogP contribution >= 0.6 is 11.3 Å². The SMILES string of the molecule is CC(C)C(O)c1csc(C(C)(C)C)n1. The molecule has 0 saturated carbocycles. The van der Waals surface area contributed by atoms with Gasteiger partial charge in [-0.15, -0.1) is 11.3 Å². The van der Waals surface area contributed by atoms with E-state index in [9.17, 15) is 5.11 Å². The van der Waals surface area contributed by atoms with Crippen LogP contribution in [-0.2, 0) is 5.41 Å². The number of aliphatic hydroxyl groups excluding tert-OH is 1. The summed E-state index contributed by atoms with van der Waals surface area (Å²) in [6, 6.07) is 0. The number of aromatic nitrogens is 1. The molecule has 1 atom stereocenters. The highest BCUT2D eigenvalue weighted by Crippen LogP contribution is 2.29. The average molecular weight is 213 g/mol. The van der Waals surface area contributed by atoms with Crippen molar-refractivity contribution in [3.05, 3.63) is 16.1 Å². The van der Waals surface area contributed by atoms with Crippen molar-refractivity contribution in [3.8, 4) is 0 Å². The number of hydrogen-bond acceptors (Lipinski definition) is 3. The molecule has 2 nitrogen and oxygen atoms in total. The fourth-order valence-electron chi connectivity index (χ4n) is 1.11. The Morgan fingerprint density at radius 2 is 1.93 bits per heavy atom. The van der Waals surface area contributed by atoms with Crippen molar-refractivity contribution < 1.29 is 5.11 Å². The summed E-state index contributed by atoms with van der Waals surface area (Å²) >= 11 is 1.63. The van der Waals surface area contributed by atoms with Crippen LogP contribution in [0.15, 0.2) is 5.38 Å². The average Bonchev–Trinajstić information content (AvgIpc) is 2.49. The zero-order valence-electron chi connectivity index (χ0n) is 9.53. The molecule has 1 N–H and O–H groups in total. The Morgan fingerprint density at radius 3 is 2.29 bits per heavy atom. The fraction of sp³-hybridized carbons (Fsp3) is 0.727. The molecule has 0 radical (unpaired) electrons. The molecule has 80 valence electrons. The number of hydrogen-bond donors (Lipinski definition) is 1. The molecule has 1 aromatic heterocycles. The van der Waals surface area contributed by atoms with Gasteiger partial charge in [0.25, 0.3) is 0 Å². The molecule has 0 spiro atoms. The molecule has 0 aliphatic heterocycles. The van der Waals surface area contributed by atoms with Gasteiger partial charge in [0.05, 0.1) is 16.8 Å². The van der Waals surface area contributed by atoms with E-state index in [0.717, 1.165) is 10.7 Å². The Labute approximate surface area is 90.0 Å². The standard InChI is InChI=1S/C11H19NOS/c1-7(2)9(13)8-6-14-10(12-8)11(3,4)5/h6-7,9,13H,1-5H3. The summed E-state index contributed by atoms with van der Waals surface area (Å²) in [6.45, 7) is 10.4. The molecule has 0 fully saturated rings. The summed E-state index contributed by atoms with van der Waals surface area (Å²) in [5.41, 5.74) is 0.898. The maximum atomic E-state index is 9.82. The third kappa shape index (κ3) is 2.55. The van der Waals surface area contributed by atoms with Gasteiger partial charge in [-0.3, -0.25) is 0 Å². The maximum Gasteiger partial charge on any atom is 0.0991 e. The molecule has 14 heavy (non-hydrogen) atoms. The maximum absolute atomic E-state index is 9.82. The minimum Gasteiger partial charge on any atom is -0.387 e. The summed E-state index contributed by atoms with van der Waals surface area (Å²) in [5.74, 6) is 0.227. The van der Waals surface area contributed by atoms with E-state index >= 15 is 0 Å². The van der Waals surface area contributed by atoms with Gasteiger partial charge in [0.1, 0.15) is 0 Å². The first-order valence-electron chi connectivity index (χ1n) is 4.96. The summed E-state index contributed by atoms with van der Waals surface area (Å²) in [6.07, 6.45) is -0.428. The molecule has 3 heteroatoms. The Hall–Kier alpha value is -0.410. The van der Waals surface area contributed by atoms with Gasteiger partial charge in [0, 0.05) is 10.8 Å². The van der Waals surface area contributed by atoms with Crippen molar-refractivity contribution in [1.82, 2.24) is 4.98 Å². The van der Waals surface area contributed by atoms with E-state index in [4.69, 9.17) is 0 Å². The Morgan fingerprint density at radius 1 is 1.36 bits per heavy atom. The third-order valence-corrected chi connectivity index (χ3v) is 3.38. The summed E-state index contributed by atoms with van der Waals surface area (Å²) < 4.78 is 0. The smallest absolute Gasteiger partial charge is 0.0991 e. The highest BCUT2D eigenvalue weighted by atomic mass is 32.1. The van der Waals surface area contributed by atoms with Crippen LogP contribution in [0.4, 0.5) is 0 Å². The van der Waals surface area contributed by atoms with E-state index in [1.165, 1.54) is 0 Å². The van der Waals surface area contributed by atoms with Gasteiger partial charge < -0.3 is 5.11 Å². The highest BCUT2D eigenvalue weighted by molar-refractivity contribution is 7.09. The normalized spacial score (nSPS) is 14.8. The molecular weight excluding hydrogens is 194 g/mol. The first kappa shape index (κ1) is 11.7. The fourth-order valence-corrected chi connectivity index (χ4v) is 2.04. The second-order valence-corrected chi connectivity index (χ2v) is 5.87. The quantitative estimate of drug-likeness (QED) is 0.818. The molecule has 1 rings (SSSR count). The highest BCUT2D eigenvalue weighted by Gasteiger charge is 2.21. The van der Waals surface area contributed by atoms with Gasteiger partial charge in [0.2, 0.25) is 0 Å². The van der Waals surface area contributed by atoms with Crippen LogP contribution in [0.1, 0.15) is 51.4 Å². The van der Waals surface area contributed by atoms with E-state index in [-0.39, 0.29) is 11.3 Å². The van der Waals surface area contributed by atoms with Crippen molar-refractivity contribution in [2.24, 2.45) is 5.92 Å². The van der Waals surface area contributed by atoms with Crippen LogP contribution in [-0.4, -0.2) is 10.1 Å². The van der Waals surface area contributed by atoms with E-state index in [0.29, 0.717) is 0 Å². The molecule has 0 amide bonds. The van der Waals surface area contributed by atoms with E-state index in [2.05, 4.69) is 25.8 Å². The largest absolute Gasteiger partial charge is 0.387 e. The van der Waals surface area contributed by atoms with E-state index in [1.807, 2.05) is 19.2 Å². The molecule has 0 aliphatic carbocycles. The van der Waals surface area contributed by atoms with Crippen molar-refractivity contribution in [2.75, 3.05) is 0 Å². The van der Waals surface area contributed by atoms with Crippen LogP contribution in [0.25, 0.3) is 0 Å². The molecule has 1 unspecified atom stereocenters. The second kappa shape index (κ2) is 3.99. The van der Waals surface area contributed by atoms with Crippen LogP contribution in [0.5, 0.6) is 0 Å². The lowest BCUT2D eigenvalue weighted by molar-refractivity contribution is 0.123. The lowest BCUT2D eigenvalue weighted by Gasteiger charge is -2.15. The van der Waals surface area contributed by atoms with Crippen molar-refractivity contribution in [3.63, 3.8) is 0 Å². The first-order valence-corrected chi connectivity index (χ1v) is 5.84. The minimum absolute atomic E-state index is 0.0830. The van der Waals surface area contributed by atoms with Crippen molar-refractivity contribution in [2.45, 2.75) is 46.1 Å². The Bertz CT molecular complexity index is 298. The third-order valence-electron chi connectivity index (χ3n) is 2.10. The van der Waals surface area contributed by atoms with Crippen LogP contribution < -0.4 is 0 Å². The number of rotatable bonds is 2. The minimum atomic E-state index is -0.428. The van der Waals surface area contributed by atoms with Crippen LogP contribution in [0.2, 0.25) is 0 Å². The van der Waals surface area contributed by atoms with Crippen molar-refractivity contribution in [1.29, 1.82) is 0 Å². The first-order chi connectivity index (χ1) is 6.32. The second-order valence-electron chi connectivity index (χ2n) is 5.02. The van der Waals surface area contributed by atoms with Crippen molar-refractivity contribution >= 4 is 11.3 Å². The number of aliphatic hydroxyl groups is 1. The zero-order chi connectivity index (χ0) is 10.9. The summed E-state index contributed by atoms with van der Waals surface area (Å²) in [7, 11) is 0. The lowest BCUT2D eigenvalue weighted by Crippen LogP contribution is -2.12. The van der Waals surface area contributed by atoms with Gasteiger partial charge in [-0.1, -0.05) is 34.6 Å². The molecule has 1 heterocycles. The topological polar surface area (TPSA) is 33.1 Å². The monoisotopic (exact) mass is 213 g/mol. The molecule has 0 aliphatic rings. The van der Waals surface area contributed by atoms with Gasteiger partial charge in [-0.05, 0) is 5.92 Å². The van der Waals surface area contributed by atoms with E-state index < -0.39 is 6.10 Å². The molecule has 0 aromatic carbocycles. The predicted octanol–water partition coefficient (Wildman–Crippen LogP) is 3.13. The van der Waals surface area contributed by atoms with Gasteiger partial charge in [-0.2, -0.15) is 0 Å². The zero-order valence-corrected chi connectivity index (χ0v) is 10.4. The molecule has 1 aromatic rings. The van der Waals surface area contributed by atoms with Gasteiger partial charge in [0.15, 0.2) is 0 Å². The lowest BCUT2D eigenvalue weighted by atomic mass is 9.98. The van der Waals surface area contributed by atoms with Crippen LogP contribution in [0, 0.1) is 5.92 Å². The number of thiazole rings is 1. The number of nitrogens with zero attached hydrogens (tertiary/aromatic N) is 1.